The van der Waals surface area contributed by atoms with Gasteiger partial charge in [0.2, 0.25) is 11.8 Å². The first-order valence-electron chi connectivity index (χ1n) is 7.98. The molecule has 0 aliphatic carbocycles. The number of hydrogen-bond donors (Lipinski definition) is 2. The van der Waals surface area contributed by atoms with E-state index >= 15 is 0 Å². The van der Waals surface area contributed by atoms with Gasteiger partial charge in [0.1, 0.15) is 12.2 Å². The van der Waals surface area contributed by atoms with Crippen LogP contribution in [-0.4, -0.2) is 31.4 Å². The molecular weight excluding hydrogens is 339 g/mol. The van der Waals surface area contributed by atoms with Crippen LogP contribution in [0.15, 0.2) is 48.5 Å². The van der Waals surface area contributed by atoms with Crippen LogP contribution in [-0.2, 0) is 20.7 Å². The van der Waals surface area contributed by atoms with E-state index in [0.29, 0.717) is 23.2 Å². The fourth-order valence-corrected chi connectivity index (χ4v) is 2.26. The minimum Gasteiger partial charge on any atom is -0.465 e. The van der Waals surface area contributed by atoms with Crippen LogP contribution < -0.4 is 10.6 Å². The van der Waals surface area contributed by atoms with Gasteiger partial charge in [-0.15, -0.1) is 0 Å². The lowest BCUT2D eigenvalue weighted by Gasteiger charge is -2.08. The normalized spacial score (nSPS) is 10.1. The van der Waals surface area contributed by atoms with Gasteiger partial charge in [0.05, 0.1) is 12.7 Å². The molecule has 26 heavy (non-hydrogen) atoms. The van der Waals surface area contributed by atoms with E-state index in [0.717, 1.165) is 0 Å². The van der Waals surface area contributed by atoms with Crippen LogP contribution >= 0.6 is 0 Å². The van der Waals surface area contributed by atoms with Crippen LogP contribution in [0.2, 0.25) is 0 Å². The molecule has 2 amide bonds. The number of carbonyl (C=O) groups is 3. The summed E-state index contributed by atoms with van der Waals surface area (Å²) in [6, 6.07) is 12.4. The smallest absolute Gasteiger partial charge is 0.337 e. The number of amides is 2. The molecule has 0 spiro atoms. The molecule has 0 aliphatic heterocycles. The van der Waals surface area contributed by atoms with Gasteiger partial charge in [-0.2, -0.15) is 0 Å². The predicted molar refractivity (Wildman–Crippen MR) is 94.1 cm³/mol. The van der Waals surface area contributed by atoms with E-state index in [1.807, 2.05) is 0 Å². The van der Waals surface area contributed by atoms with Crippen molar-refractivity contribution < 1.29 is 23.5 Å². The lowest BCUT2D eigenvalue weighted by Crippen LogP contribution is -2.29. The summed E-state index contributed by atoms with van der Waals surface area (Å²) in [7, 11) is 1.28. The van der Waals surface area contributed by atoms with E-state index in [-0.39, 0.29) is 18.8 Å². The molecule has 2 rings (SSSR count). The van der Waals surface area contributed by atoms with E-state index in [9.17, 15) is 18.8 Å². The molecule has 0 bridgehead atoms. The second kappa shape index (κ2) is 9.31. The molecule has 0 saturated carbocycles. The number of ether oxygens (including phenoxy) is 1. The summed E-state index contributed by atoms with van der Waals surface area (Å²) in [4.78, 5) is 35.0. The Kier molecular flexibility index (Phi) is 6.84. The zero-order valence-corrected chi connectivity index (χ0v) is 14.3. The maximum absolute atomic E-state index is 13.5. The summed E-state index contributed by atoms with van der Waals surface area (Å²) in [5.41, 5.74) is 1.32. The quantitative estimate of drug-likeness (QED) is 0.588. The highest BCUT2D eigenvalue weighted by molar-refractivity contribution is 6.03. The van der Waals surface area contributed by atoms with E-state index in [1.165, 1.54) is 25.3 Å². The van der Waals surface area contributed by atoms with Crippen molar-refractivity contribution in [3.05, 3.63) is 65.5 Å². The topological polar surface area (TPSA) is 84.5 Å². The summed E-state index contributed by atoms with van der Waals surface area (Å²) in [5.74, 6) is -1.74. The average Bonchev–Trinajstić information content (AvgIpc) is 2.63. The monoisotopic (exact) mass is 358 g/mol. The number of rotatable bonds is 7. The summed E-state index contributed by atoms with van der Waals surface area (Å²) in [6.45, 7) is 0.237. The van der Waals surface area contributed by atoms with Crippen LogP contribution in [0.3, 0.4) is 0 Å². The number of esters is 1. The molecule has 0 aliphatic rings. The highest BCUT2D eigenvalue weighted by atomic mass is 19.1. The Morgan fingerprint density at radius 3 is 2.35 bits per heavy atom. The largest absolute Gasteiger partial charge is 0.465 e. The average molecular weight is 358 g/mol. The van der Waals surface area contributed by atoms with Gasteiger partial charge >= 0.3 is 5.97 Å². The molecule has 0 unspecified atom stereocenters. The van der Waals surface area contributed by atoms with Crippen LogP contribution in [0, 0.1) is 5.82 Å². The van der Waals surface area contributed by atoms with Gasteiger partial charge in [-0.05, 0) is 42.3 Å². The standard InChI is InChI=1S/C19H19FN2O4/c1-26-19(25)14-6-8-15(9-7-14)22-18(24)12-17(23)21-11-10-13-4-2-3-5-16(13)20/h2-9H,10-12H2,1H3,(H,21,23)(H,22,24). The summed E-state index contributed by atoms with van der Waals surface area (Å²) in [5, 5.41) is 5.14. The van der Waals surface area contributed by atoms with E-state index in [4.69, 9.17) is 0 Å². The van der Waals surface area contributed by atoms with Crippen molar-refractivity contribution in [2.75, 3.05) is 19.0 Å². The molecule has 7 heteroatoms. The van der Waals surface area contributed by atoms with Crippen LogP contribution in [0.25, 0.3) is 0 Å². The van der Waals surface area contributed by atoms with Gasteiger partial charge in [0.25, 0.3) is 0 Å². The summed E-state index contributed by atoms with van der Waals surface area (Å²) in [6.07, 6.45) is -0.00888. The third-order valence-corrected chi connectivity index (χ3v) is 3.59. The second-order valence-electron chi connectivity index (χ2n) is 5.49. The van der Waals surface area contributed by atoms with Gasteiger partial charge < -0.3 is 15.4 Å². The van der Waals surface area contributed by atoms with Crippen molar-refractivity contribution in [3.63, 3.8) is 0 Å². The number of hydrogen-bond acceptors (Lipinski definition) is 4. The Morgan fingerprint density at radius 2 is 1.69 bits per heavy atom. The van der Waals surface area contributed by atoms with Crippen molar-refractivity contribution in [1.29, 1.82) is 0 Å². The van der Waals surface area contributed by atoms with Gasteiger partial charge in [-0.1, -0.05) is 18.2 Å². The third kappa shape index (κ3) is 5.70. The fraction of sp³-hybridized carbons (Fsp3) is 0.211. The highest BCUT2D eigenvalue weighted by Crippen LogP contribution is 2.11. The Morgan fingerprint density at radius 1 is 1.00 bits per heavy atom. The molecule has 6 nitrogen and oxygen atoms in total. The minimum atomic E-state index is -0.487. The molecule has 0 fully saturated rings. The molecule has 0 saturated heterocycles. The van der Waals surface area contributed by atoms with Crippen LogP contribution in [0.4, 0.5) is 10.1 Å². The maximum atomic E-state index is 13.5. The minimum absolute atomic E-state index is 0.237. The lowest BCUT2D eigenvalue weighted by molar-refractivity contribution is -0.126. The van der Waals surface area contributed by atoms with Crippen molar-refractivity contribution in [3.8, 4) is 0 Å². The van der Waals surface area contributed by atoms with Crippen molar-refractivity contribution in [2.24, 2.45) is 0 Å². The SMILES string of the molecule is COC(=O)c1ccc(NC(=O)CC(=O)NCCc2ccccc2F)cc1. The van der Waals surface area contributed by atoms with Gasteiger partial charge in [0.15, 0.2) is 0 Å². The molecule has 2 aromatic rings. The van der Waals surface area contributed by atoms with Crippen molar-refractivity contribution in [1.82, 2.24) is 5.32 Å². The Bertz CT molecular complexity index is 790. The number of nitrogens with one attached hydrogen (secondary N) is 2. The molecule has 0 aromatic heterocycles. The van der Waals surface area contributed by atoms with Crippen molar-refractivity contribution >= 4 is 23.5 Å². The van der Waals surface area contributed by atoms with Gasteiger partial charge in [0, 0.05) is 12.2 Å². The number of methoxy groups -OCH3 is 1. The molecular formula is C19H19FN2O4. The van der Waals surface area contributed by atoms with Crippen LogP contribution in [0.5, 0.6) is 0 Å². The molecule has 0 atom stereocenters. The fourth-order valence-electron chi connectivity index (χ4n) is 2.26. The van der Waals surface area contributed by atoms with Crippen molar-refractivity contribution in [2.45, 2.75) is 12.8 Å². The van der Waals surface area contributed by atoms with Gasteiger partial charge in [-0.3, -0.25) is 9.59 Å². The summed E-state index contributed by atoms with van der Waals surface area (Å²) < 4.78 is 18.0. The Hall–Kier alpha value is -3.22. The molecule has 0 heterocycles. The zero-order chi connectivity index (χ0) is 18.9. The molecule has 136 valence electrons. The first kappa shape index (κ1) is 19.1. The van der Waals surface area contributed by atoms with Crippen LogP contribution in [0.1, 0.15) is 22.3 Å². The summed E-state index contributed by atoms with van der Waals surface area (Å²) >= 11 is 0. The molecule has 2 aromatic carbocycles. The number of anilines is 1. The number of halogens is 1. The Balaban J connectivity index is 1.75. The first-order chi connectivity index (χ1) is 12.5. The van der Waals surface area contributed by atoms with Gasteiger partial charge in [-0.25, -0.2) is 9.18 Å². The molecule has 2 N–H and O–H groups in total. The first-order valence-corrected chi connectivity index (χ1v) is 7.98. The second-order valence-corrected chi connectivity index (χ2v) is 5.49. The van der Waals surface area contributed by atoms with E-state index in [2.05, 4.69) is 15.4 Å². The highest BCUT2D eigenvalue weighted by Gasteiger charge is 2.11. The number of benzene rings is 2. The van der Waals surface area contributed by atoms with E-state index in [1.54, 1.807) is 30.3 Å². The number of carbonyl (C=O) groups excluding carboxylic acids is 3. The predicted octanol–water partition coefficient (Wildman–Crippen LogP) is 2.30. The Labute approximate surface area is 150 Å². The zero-order valence-electron chi connectivity index (χ0n) is 14.3. The third-order valence-electron chi connectivity index (χ3n) is 3.59. The molecule has 0 radical (unpaired) electrons. The lowest BCUT2D eigenvalue weighted by atomic mass is 10.1. The van der Waals surface area contributed by atoms with E-state index < -0.39 is 17.8 Å². The maximum Gasteiger partial charge on any atom is 0.337 e.